The highest BCUT2D eigenvalue weighted by Crippen LogP contribution is 2.08. The number of rotatable bonds is 7. The molecule has 0 unspecified atom stereocenters. The van der Waals surface area contributed by atoms with Crippen molar-refractivity contribution in [3.05, 3.63) is 50.6 Å². The Balaban J connectivity index is 4.61. The molecule has 16 heavy (non-hydrogen) atoms. The monoisotopic (exact) mass is 222 g/mol. The van der Waals surface area contributed by atoms with Gasteiger partial charge < -0.3 is 9.47 Å². The predicted molar refractivity (Wildman–Crippen MR) is 60.5 cm³/mol. The average Bonchev–Trinajstić information content (AvgIpc) is 2.32. The summed E-state index contributed by atoms with van der Waals surface area (Å²) in [6, 6.07) is 0. The molecule has 0 fully saturated rings. The number of ether oxygens (including phenoxy) is 2. The fourth-order valence-corrected chi connectivity index (χ4v) is 0.863. The Hall–Kier alpha value is -2.10. The molecule has 0 aromatic rings. The molecule has 0 saturated heterocycles. The maximum Gasteiger partial charge on any atom is 0.330 e. The van der Waals surface area contributed by atoms with Crippen LogP contribution in [-0.2, 0) is 19.1 Å². The van der Waals surface area contributed by atoms with Crippen LogP contribution in [0.15, 0.2) is 50.6 Å². The third-order valence-electron chi connectivity index (χ3n) is 1.63. The predicted octanol–water partition coefficient (Wildman–Crippen LogP) is 1.55. The SMILES string of the molecule is C=CC(=O)O[C@@H](C=C)[C@@H](C=C)OC(=O)C=C. The second kappa shape index (κ2) is 7.23. The maximum atomic E-state index is 11.0. The lowest BCUT2D eigenvalue weighted by atomic mass is 10.2. The van der Waals surface area contributed by atoms with E-state index in [2.05, 4.69) is 26.3 Å². The van der Waals surface area contributed by atoms with Crippen molar-refractivity contribution in [2.24, 2.45) is 0 Å². The molecule has 0 saturated carbocycles. The molecule has 0 N–H and O–H groups in total. The first-order valence-corrected chi connectivity index (χ1v) is 4.50. The second-order valence-corrected chi connectivity index (χ2v) is 2.68. The first-order valence-electron chi connectivity index (χ1n) is 4.50. The van der Waals surface area contributed by atoms with Gasteiger partial charge in [0.05, 0.1) is 0 Å². The molecule has 0 aliphatic carbocycles. The van der Waals surface area contributed by atoms with Crippen LogP contribution in [0.3, 0.4) is 0 Å². The van der Waals surface area contributed by atoms with Crippen LogP contribution in [-0.4, -0.2) is 24.1 Å². The summed E-state index contributed by atoms with van der Waals surface area (Å²) in [7, 11) is 0. The van der Waals surface area contributed by atoms with Gasteiger partial charge in [0.25, 0.3) is 0 Å². The molecule has 0 radical (unpaired) electrons. The Morgan fingerprint density at radius 2 is 1.12 bits per heavy atom. The third kappa shape index (κ3) is 4.41. The summed E-state index contributed by atoms with van der Waals surface area (Å²) in [6.07, 6.45) is 3.09. The fourth-order valence-electron chi connectivity index (χ4n) is 0.863. The quantitative estimate of drug-likeness (QED) is 0.372. The van der Waals surface area contributed by atoms with E-state index in [0.29, 0.717) is 0 Å². The summed E-state index contributed by atoms with van der Waals surface area (Å²) in [5.74, 6) is -1.27. The van der Waals surface area contributed by atoms with Crippen molar-refractivity contribution < 1.29 is 19.1 Å². The highest BCUT2D eigenvalue weighted by atomic mass is 16.6. The highest BCUT2D eigenvalue weighted by molar-refractivity contribution is 5.82. The molecule has 0 aromatic heterocycles. The van der Waals surface area contributed by atoms with Gasteiger partial charge >= 0.3 is 11.9 Å². The molecule has 0 bridgehead atoms. The van der Waals surface area contributed by atoms with Crippen LogP contribution < -0.4 is 0 Å². The molecular weight excluding hydrogens is 208 g/mol. The third-order valence-corrected chi connectivity index (χ3v) is 1.63. The minimum atomic E-state index is -0.799. The topological polar surface area (TPSA) is 52.6 Å². The molecule has 0 heterocycles. The van der Waals surface area contributed by atoms with Gasteiger partial charge in [-0.2, -0.15) is 0 Å². The standard InChI is InChI=1S/C12H14O4/c1-5-9(15-11(13)7-3)10(6-2)16-12(14)8-4/h5-10H,1-4H2/t9-,10+. The number of carbonyl (C=O) groups excluding carboxylic acids is 2. The van der Waals surface area contributed by atoms with Crippen LogP contribution in [0.4, 0.5) is 0 Å². The summed E-state index contributed by atoms with van der Waals surface area (Å²) in [4.78, 5) is 21.9. The van der Waals surface area contributed by atoms with E-state index in [9.17, 15) is 9.59 Å². The molecule has 0 spiro atoms. The molecule has 0 amide bonds. The summed E-state index contributed by atoms with van der Waals surface area (Å²) in [5, 5.41) is 0. The fraction of sp³-hybridized carbons (Fsp3) is 0.167. The Bertz CT molecular complexity index is 285. The van der Waals surface area contributed by atoms with Crippen LogP contribution in [0, 0.1) is 0 Å². The van der Waals surface area contributed by atoms with E-state index >= 15 is 0 Å². The largest absolute Gasteiger partial charge is 0.451 e. The van der Waals surface area contributed by atoms with Gasteiger partial charge in [0.2, 0.25) is 0 Å². The van der Waals surface area contributed by atoms with E-state index in [-0.39, 0.29) is 0 Å². The minimum absolute atomic E-state index is 0.633. The molecule has 2 atom stereocenters. The van der Waals surface area contributed by atoms with Crippen molar-refractivity contribution in [1.29, 1.82) is 0 Å². The van der Waals surface area contributed by atoms with Crippen molar-refractivity contribution >= 4 is 11.9 Å². The Labute approximate surface area is 94.5 Å². The van der Waals surface area contributed by atoms with E-state index in [4.69, 9.17) is 9.47 Å². The van der Waals surface area contributed by atoms with Gasteiger partial charge in [-0.15, -0.1) is 0 Å². The van der Waals surface area contributed by atoms with Gasteiger partial charge in [0, 0.05) is 12.2 Å². The summed E-state index contributed by atoms with van der Waals surface area (Å²) in [6.45, 7) is 13.5. The molecular formula is C12H14O4. The zero-order valence-electron chi connectivity index (χ0n) is 8.93. The highest BCUT2D eigenvalue weighted by Gasteiger charge is 2.21. The number of esters is 2. The van der Waals surface area contributed by atoms with Gasteiger partial charge in [0.15, 0.2) is 12.2 Å². The van der Waals surface area contributed by atoms with E-state index in [0.717, 1.165) is 12.2 Å². The van der Waals surface area contributed by atoms with Crippen molar-refractivity contribution in [3.8, 4) is 0 Å². The summed E-state index contributed by atoms with van der Waals surface area (Å²) >= 11 is 0. The number of hydrogen-bond acceptors (Lipinski definition) is 4. The smallest absolute Gasteiger partial charge is 0.330 e. The van der Waals surface area contributed by atoms with Crippen molar-refractivity contribution in [2.75, 3.05) is 0 Å². The molecule has 0 aliphatic heterocycles. The first-order chi connectivity index (χ1) is 7.58. The number of hydrogen-bond donors (Lipinski definition) is 0. The lowest BCUT2D eigenvalue weighted by Gasteiger charge is -2.20. The first kappa shape index (κ1) is 13.9. The summed E-state index contributed by atoms with van der Waals surface area (Å²) < 4.78 is 9.78. The van der Waals surface area contributed by atoms with E-state index in [1.165, 1.54) is 12.2 Å². The second-order valence-electron chi connectivity index (χ2n) is 2.68. The van der Waals surface area contributed by atoms with Crippen LogP contribution >= 0.6 is 0 Å². The molecule has 0 rings (SSSR count). The lowest BCUT2D eigenvalue weighted by Crippen LogP contribution is -2.31. The Kier molecular flexibility index (Phi) is 6.28. The zero-order valence-corrected chi connectivity index (χ0v) is 8.93. The van der Waals surface area contributed by atoms with Crippen molar-refractivity contribution in [3.63, 3.8) is 0 Å². The lowest BCUT2D eigenvalue weighted by molar-refractivity contribution is -0.154. The summed E-state index contributed by atoms with van der Waals surface area (Å²) in [5.41, 5.74) is 0. The zero-order chi connectivity index (χ0) is 12.6. The van der Waals surface area contributed by atoms with Gasteiger partial charge in [0.1, 0.15) is 0 Å². The minimum Gasteiger partial charge on any atom is -0.451 e. The normalized spacial score (nSPS) is 12.8. The van der Waals surface area contributed by atoms with Crippen molar-refractivity contribution in [2.45, 2.75) is 12.2 Å². The van der Waals surface area contributed by atoms with E-state index < -0.39 is 24.1 Å². The average molecular weight is 222 g/mol. The van der Waals surface area contributed by atoms with Gasteiger partial charge in [-0.3, -0.25) is 0 Å². The molecule has 4 nitrogen and oxygen atoms in total. The van der Waals surface area contributed by atoms with E-state index in [1.54, 1.807) is 0 Å². The van der Waals surface area contributed by atoms with Gasteiger partial charge in [-0.1, -0.05) is 26.3 Å². The van der Waals surface area contributed by atoms with Crippen LogP contribution in [0.2, 0.25) is 0 Å². The van der Waals surface area contributed by atoms with Gasteiger partial charge in [-0.05, 0) is 12.2 Å². The van der Waals surface area contributed by atoms with Gasteiger partial charge in [-0.25, -0.2) is 9.59 Å². The molecule has 86 valence electrons. The number of carbonyl (C=O) groups is 2. The molecule has 0 aromatic carbocycles. The van der Waals surface area contributed by atoms with E-state index in [1.807, 2.05) is 0 Å². The molecule has 0 aliphatic rings. The maximum absolute atomic E-state index is 11.0. The Morgan fingerprint density at radius 1 is 0.812 bits per heavy atom. The Morgan fingerprint density at radius 3 is 1.31 bits per heavy atom. The van der Waals surface area contributed by atoms with Crippen LogP contribution in [0.25, 0.3) is 0 Å². The molecule has 4 heteroatoms. The van der Waals surface area contributed by atoms with Crippen LogP contribution in [0.1, 0.15) is 0 Å². The van der Waals surface area contributed by atoms with Crippen molar-refractivity contribution in [1.82, 2.24) is 0 Å². The van der Waals surface area contributed by atoms with Crippen LogP contribution in [0.5, 0.6) is 0 Å².